The lowest BCUT2D eigenvalue weighted by molar-refractivity contribution is -0.143. The van der Waals surface area contributed by atoms with Gasteiger partial charge in [-0.25, -0.2) is 4.79 Å². The van der Waals surface area contributed by atoms with Crippen molar-refractivity contribution in [3.05, 3.63) is 12.2 Å². The third kappa shape index (κ3) is 16.5. The zero-order valence-electron chi connectivity index (χ0n) is 17.5. The molecule has 3 N–H and O–H groups in total. The second-order valence-electron chi connectivity index (χ2n) is 7.31. The van der Waals surface area contributed by atoms with Gasteiger partial charge in [0.15, 0.2) is 0 Å². The maximum absolute atomic E-state index is 11.8. The van der Waals surface area contributed by atoms with Gasteiger partial charge in [0, 0.05) is 19.4 Å². The van der Waals surface area contributed by atoms with Crippen LogP contribution in [0.3, 0.4) is 0 Å². The minimum absolute atomic E-state index is 0.0662. The smallest absolute Gasteiger partial charge is 0.326 e. The van der Waals surface area contributed by atoms with Gasteiger partial charge in [0.1, 0.15) is 11.8 Å². The normalized spacial score (nSPS) is 12.2. The van der Waals surface area contributed by atoms with Gasteiger partial charge < -0.3 is 15.5 Å². The summed E-state index contributed by atoms with van der Waals surface area (Å²) in [6.07, 6.45) is 17.2. The van der Waals surface area contributed by atoms with E-state index in [1.54, 1.807) is 0 Å². The molecule has 0 radical (unpaired) electrons. The quantitative estimate of drug-likeness (QED) is 0.172. The molecule has 0 aromatic rings. The number of unbranched alkanes of at least 4 members (excludes halogenated alkanes) is 9. The number of carboxylic acid groups (broad SMARTS) is 1. The van der Waals surface area contributed by atoms with E-state index in [0.29, 0.717) is 6.42 Å². The van der Waals surface area contributed by atoms with Crippen LogP contribution in [-0.4, -0.2) is 40.5 Å². The highest BCUT2D eigenvalue weighted by atomic mass is 16.4. The summed E-state index contributed by atoms with van der Waals surface area (Å²) in [6, 6.07) is -1.14. The van der Waals surface area contributed by atoms with Crippen LogP contribution in [0, 0.1) is 0 Å². The number of allylic oxidation sites excluding steroid dienone is 2. The number of aliphatic hydroxyl groups is 1. The SMILES string of the molecule is CCCCCC/C=C\CCCCCCCC(=O)CC(=O)N[C@@H](CCO)C(=O)O. The highest BCUT2D eigenvalue weighted by Gasteiger charge is 2.20. The number of nitrogens with one attached hydrogen (secondary N) is 1. The molecule has 0 saturated heterocycles. The molecule has 6 nitrogen and oxygen atoms in total. The van der Waals surface area contributed by atoms with Crippen molar-refractivity contribution >= 4 is 17.7 Å². The first-order valence-corrected chi connectivity index (χ1v) is 10.8. The topological polar surface area (TPSA) is 104 Å². The van der Waals surface area contributed by atoms with Gasteiger partial charge in [-0.2, -0.15) is 0 Å². The lowest BCUT2D eigenvalue weighted by atomic mass is 10.1. The molecule has 162 valence electrons. The molecule has 0 aromatic carbocycles. The highest BCUT2D eigenvalue weighted by Crippen LogP contribution is 2.10. The van der Waals surface area contributed by atoms with Gasteiger partial charge in [-0.3, -0.25) is 9.59 Å². The summed E-state index contributed by atoms with van der Waals surface area (Å²) >= 11 is 0. The van der Waals surface area contributed by atoms with E-state index < -0.39 is 17.9 Å². The van der Waals surface area contributed by atoms with Gasteiger partial charge in [-0.1, -0.05) is 57.6 Å². The Hall–Kier alpha value is -1.69. The average Bonchev–Trinajstić information content (AvgIpc) is 2.65. The first-order valence-electron chi connectivity index (χ1n) is 10.8. The van der Waals surface area contributed by atoms with E-state index in [-0.39, 0.29) is 25.2 Å². The number of ketones is 1. The predicted octanol–water partition coefficient (Wildman–Crippen LogP) is 4.15. The molecule has 0 aliphatic heterocycles. The second kappa shape index (κ2) is 18.7. The molecule has 0 heterocycles. The largest absolute Gasteiger partial charge is 0.480 e. The Morgan fingerprint density at radius 3 is 2.04 bits per heavy atom. The number of carbonyl (C=O) groups is 3. The fourth-order valence-electron chi connectivity index (χ4n) is 2.94. The molecular formula is C22H39NO5. The molecule has 0 aliphatic rings. The van der Waals surface area contributed by atoms with Crippen LogP contribution in [0.2, 0.25) is 0 Å². The lowest BCUT2D eigenvalue weighted by Gasteiger charge is -2.12. The van der Waals surface area contributed by atoms with E-state index in [0.717, 1.165) is 32.1 Å². The lowest BCUT2D eigenvalue weighted by Crippen LogP contribution is -2.42. The molecule has 0 bridgehead atoms. The molecule has 0 fully saturated rings. The van der Waals surface area contributed by atoms with Crippen LogP contribution in [0.25, 0.3) is 0 Å². The summed E-state index contributed by atoms with van der Waals surface area (Å²) in [5, 5.41) is 20.0. The Labute approximate surface area is 169 Å². The van der Waals surface area contributed by atoms with Crippen molar-refractivity contribution in [2.75, 3.05) is 6.61 Å². The van der Waals surface area contributed by atoms with Gasteiger partial charge in [0.2, 0.25) is 5.91 Å². The maximum Gasteiger partial charge on any atom is 0.326 e. The molecule has 1 atom stereocenters. The predicted molar refractivity (Wildman–Crippen MR) is 111 cm³/mol. The number of hydrogen-bond donors (Lipinski definition) is 3. The van der Waals surface area contributed by atoms with Crippen molar-refractivity contribution in [3.8, 4) is 0 Å². The molecule has 0 aliphatic carbocycles. The Balaban J connectivity index is 3.60. The number of Topliss-reactive ketones (excluding diaryl/α,β-unsaturated/α-hetero) is 1. The van der Waals surface area contributed by atoms with Crippen LogP contribution in [0.4, 0.5) is 0 Å². The first-order chi connectivity index (χ1) is 13.5. The van der Waals surface area contributed by atoms with E-state index in [4.69, 9.17) is 10.2 Å². The number of hydrogen-bond acceptors (Lipinski definition) is 4. The summed E-state index contributed by atoms with van der Waals surface area (Å²) in [6.45, 7) is 1.89. The highest BCUT2D eigenvalue weighted by molar-refractivity contribution is 5.99. The van der Waals surface area contributed by atoms with Crippen LogP contribution in [0.1, 0.15) is 96.8 Å². The summed E-state index contributed by atoms with van der Waals surface area (Å²) in [4.78, 5) is 34.4. The monoisotopic (exact) mass is 397 g/mol. The van der Waals surface area contributed by atoms with Crippen LogP contribution >= 0.6 is 0 Å². The number of rotatable bonds is 19. The number of amides is 1. The van der Waals surface area contributed by atoms with Crippen molar-refractivity contribution in [2.45, 2.75) is 103 Å². The molecule has 1 amide bonds. The summed E-state index contributed by atoms with van der Waals surface area (Å²) in [5.41, 5.74) is 0. The van der Waals surface area contributed by atoms with E-state index in [1.165, 1.54) is 38.5 Å². The van der Waals surface area contributed by atoms with Crippen molar-refractivity contribution in [2.24, 2.45) is 0 Å². The van der Waals surface area contributed by atoms with Gasteiger partial charge in [0.05, 0.1) is 6.42 Å². The fourth-order valence-corrected chi connectivity index (χ4v) is 2.94. The fraction of sp³-hybridized carbons (Fsp3) is 0.773. The molecule has 0 saturated carbocycles. The molecule has 28 heavy (non-hydrogen) atoms. The molecule has 0 aromatic heterocycles. The Morgan fingerprint density at radius 1 is 0.893 bits per heavy atom. The third-order valence-electron chi connectivity index (χ3n) is 4.63. The third-order valence-corrected chi connectivity index (χ3v) is 4.63. The van der Waals surface area contributed by atoms with Gasteiger partial charge in [0.25, 0.3) is 0 Å². The van der Waals surface area contributed by atoms with E-state index in [2.05, 4.69) is 24.4 Å². The summed E-state index contributed by atoms with van der Waals surface area (Å²) in [7, 11) is 0. The molecular weight excluding hydrogens is 358 g/mol. The van der Waals surface area contributed by atoms with Gasteiger partial charge in [-0.05, 0) is 32.1 Å². The minimum atomic E-state index is -1.21. The number of carboxylic acids is 1. The minimum Gasteiger partial charge on any atom is -0.480 e. The van der Waals surface area contributed by atoms with Crippen molar-refractivity contribution in [3.63, 3.8) is 0 Å². The standard InChI is InChI=1S/C22H39NO5/c1-2-3-4-5-6-7-8-9-10-11-12-13-14-15-19(25)18-21(26)23-20(16-17-24)22(27)28/h7-8,20,24H,2-6,9-18H2,1H3,(H,23,26)(H,27,28)/b8-7-/t20-/m0/s1. The van der Waals surface area contributed by atoms with Gasteiger partial charge in [-0.15, -0.1) is 0 Å². The van der Waals surface area contributed by atoms with E-state index >= 15 is 0 Å². The van der Waals surface area contributed by atoms with Crippen LogP contribution < -0.4 is 5.32 Å². The van der Waals surface area contributed by atoms with Crippen LogP contribution in [0.15, 0.2) is 12.2 Å². The van der Waals surface area contributed by atoms with Gasteiger partial charge >= 0.3 is 5.97 Å². The summed E-state index contributed by atoms with van der Waals surface area (Å²) in [5.74, 6) is -1.97. The molecule has 6 heteroatoms. The van der Waals surface area contributed by atoms with E-state index in [9.17, 15) is 14.4 Å². The number of carbonyl (C=O) groups excluding carboxylic acids is 2. The van der Waals surface area contributed by atoms with Crippen molar-refractivity contribution in [1.29, 1.82) is 0 Å². The molecule has 0 unspecified atom stereocenters. The van der Waals surface area contributed by atoms with Crippen LogP contribution in [-0.2, 0) is 14.4 Å². The van der Waals surface area contributed by atoms with Crippen LogP contribution in [0.5, 0.6) is 0 Å². The Morgan fingerprint density at radius 2 is 1.46 bits per heavy atom. The van der Waals surface area contributed by atoms with E-state index in [1.807, 2.05) is 0 Å². The zero-order valence-corrected chi connectivity index (χ0v) is 17.5. The number of aliphatic carboxylic acids is 1. The maximum atomic E-state index is 11.8. The van der Waals surface area contributed by atoms with Crippen molar-refractivity contribution < 1.29 is 24.6 Å². The molecule has 0 spiro atoms. The average molecular weight is 398 g/mol. The Bertz CT molecular complexity index is 462. The second-order valence-corrected chi connectivity index (χ2v) is 7.31. The summed E-state index contributed by atoms with van der Waals surface area (Å²) < 4.78 is 0. The number of aliphatic hydroxyl groups excluding tert-OH is 1. The zero-order chi connectivity index (χ0) is 21.0. The Kier molecular flexibility index (Phi) is 17.5. The molecule has 0 rings (SSSR count). The van der Waals surface area contributed by atoms with Crippen molar-refractivity contribution in [1.82, 2.24) is 5.32 Å². The first kappa shape index (κ1) is 26.3.